The van der Waals surface area contributed by atoms with Crippen molar-refractivity contribution < 1.29 is 27.6 Å². The summed E-state index contributed by atoms with van der Waals surface area (Å²) in [6, 6.07) is 9.02. The number of hydrogen-bond acceptors (Lipinski definition) is 6. The number of hydrogen-bond donors (Lipinski definition) is 1. The lowest BCUT2D eigenvalue weighted by Crippen LogP contribution is -2.43. The first-order valence-corrected chi connectivity index (χ1v) is 10.2. The van der Waals surface area contributed by atoms with E-state index in [1.807, 2.05) is 26.0 Å². The number of imide groups is 1. The van der Waals surface area contributed by atoms with Crippen LogP contribution < -0.4 is 10.2 Å². The summed E-state index contributed by atoms with van der Waals surface area (Å²) in [5.41, 5.74) is 0.484. The van der Waals surface area contributed by atoms with Crippen LogP contribution in [0.4, 0.5) is 24.5 Å². The van der Waals surface area contributed by atoms with Crippen LogP contribution in [0, 0.1) is 0 Å². The molecule has 2 aliphatic heterocycles. The third-order valence-corrected chi connectivity index (χ3v) is 5.46. The molecule has 1 N–H and O–H groups in total. The lowest BCUT2D eigenvalue weighted by molar-refractivity contribution is -0.137. The average Bonchev–Trinajstić information content (AvgIpc) is 3.27. The van der Waals surface area contributed by atoms with Crippen LogP contribution in [0.2, 0.25) is 0 Å². The zero-order valence-electron chi connectivity index (χ0n) is 17.7. The summed E-state index contributed by atoms with van der Waals surface area (Å²) >= 11 is 0. The molecule has 2 heterocycles. The van der Waals surface area contributed by atoms with Crippen molar-refractivity contribution in [2.45, 2.75) is 38.0 Å². The molecule has 0 radical (unpaired) electrons. The highest BCUT2D eigenvalue weighted by molar-refractivity contribution is 6.25. The molecule has 172 valence electrons. The number of nitrogens with one attached hydrogen (secondary N) is 1. The van der Waals surface area contributed by atoms with Gasteiger partial charge >= 0.3 is 6.18 Å². The van der Waals surface area contributed by atoms with Crippen LogP contribution in [0.25, 0.3) is 0 Å². The number of nitrogens with zero attached hydrogens (tertiary/aromatic N) is 4. The molecule has 2 aliphatic rings. The summed E-state index contributed by atoms with van der Waals surface area (Å²) in [6.07, 6.45) is -4.55. The number of halogens is 3. The van der Waals surface area contributed by atoms with Crippen molar-refractivity contribution in [3.8, 4) is 0 Å². The fraction of sp³-hybridized carbons (Fsp3) is 0.318. The van der Waals surface area contributed by atoms with Crippen molar-refractivity contribution >= 4 is 29.1 Å². The minimum Gasteiger partial charge on any atom is -0.324 e. The minimum absolute atomic E-state index is 0.0526. The van der Waals surface area contributed by atoms with Crippen molar-refractivity contribution in [2.75, 3.05) is 16.8 Å². The van der Waals surface area contributed by atoms with E-state index in [1.54, 1.807) is 12.1 Å². The van der Waals surface area contributed by atoms with Crippen LogP contribution in [0.3, 0.4) is 0 Å². The summed E-state index contributed by atoms with van der Waals surface area (Å²) in [7, 11) is 0. The third kappa shape index (κ3) is 4.30. The number of anilines is 2. The molecule has 0 unspecified atom stereocenters. The van der Waals surface area contributed by atoms with Gasteiger partial charge < -0.3 is 5.32 Å². The summed E-state index contributed by atoms with van der Waals surface area (Å²) in [6.45, 7) is 3.59. The van der Waals surface area contributed by atoms with E-state index in [2.05, 4.69) is 15.7 Å². The third-order valence-electron chi connectivity index (χ3n) is 5.46. The molecule has 2 aromatic carbocycles. The Balaban J connectivity index is 1.46. The van der Waals surface area contributed by atoms with Crippen LogP contribution in [0.15, 0.2) is 58.9 Å². The Labute approximate surface area is 187 Å². The lowest BCUT2D eigenvalue weighted by Gasteiger charge is -2.20. The largest absolute Gasteiger partial charge is 0.416 e. The van der Waals surface area contributed by atoms with E-state index in [0.29, 0.717) is 5.69 Å². The van der Waals surface area contributed by atoms with Gasteiger partial charge in [0.15, 0.2) is 12.1 Å². The molecule has 8 nitrogen and oxygen atoms in total. The highest BCUT2D eigenvalue weighted by atomic mass is 19.4. The number of amides is 3. The van der Waals surface area contributed by atoms with Gasteiger partial charge in [-0.3, -0.25) is 19.4 Å². The van der Waals surface area contributed by atoms with Crippen molar-refractivity contribution in [1.29, 1.82) is 0 Å². The van der Waals surface area contributed by atoms with E-state index in [4.69, 9.17) is 0 Å². The smallest absolute Gasteiger partial charge is 0.324 e. The predicted octanol–water partition coefficient (Wildman–Crippen LogP) is 3.76. The van der Waals surface area contributed by atoms with Gasteiger partial charge in [0.25, 0.3) is 11.8 Å². The number of carbonyl (C=O) groups excluding carboxylic acids is 3. The molecule has 0 saturated carbocycles. The Morgan fingerprint density at radius 3 is 2.42 bits per heavy atom. The second kappa shape index (κ2) is 8.30. The fourth-order valence-corrected chi connectivity index (χ4v) is 3.74. The van der Waals surface area contributed by atoms with E-state index in [9.17, 15) is 27.6 Å². The quantitative estimate of drug-likeness (QED) is 0.689. The topological polar surface area (TPSA) is 94.4 Å². The molecule has 0 aromatic heterocycles. The van der Waals surface area contributed by atoms with Crippen molar-refractivity contribution in [1.82, 2.24) is 5.01 Å². The maximum absolute atomic E-state index is 13.0. The van der Waals surface area contributed by atoms with E-state index in [1.165, 1.54) is 12.1 Å². The number of benzene rings is 2. The molecule has 0 bridgehead atoms. The van der Waals surface area contributed by atoms with E-state index < -0.39 is 48.1 Å². The molecule has 33 heavy (non-hydrogen) atoms. The second-order valence-electron chi connectivity index (χ2n) is 8.08. The summed E-state index contributed by atoms with van der Waals surface area (Å²) in [4.78, 5) is 39.2. The van der Waals surface area contributed by atoms with E-state index in [0.717, 1.165) is 27.6 Å². The first kappa shape index (κ1) is 22.4. The van der Waals surface area contributed by atoms with Gasteiger partial charge in [0.2, 0.25) is 5.91 Å². The minimum atomic E-state index is -4.55. The van der Waals surface area contributed by atoms with Crippen LogP contribution in [0.5, 0.6) is 0 Å². The van der Waals surface area contributed by atoms with Gasteiger partial charge in [0.1, 0.15) is 6.54 Å². The summed E-state index contributed by atoms with van der Waals surface area (Å²) in [5.74, 6) is -1.54. The van der Waals surface area contributed by atoms with Gasteiger partial charge in [-0.15, -0.1) is 0 Å². The Morgan fingerprint density at radius 2 is 1.79 bits per heavy atom. The van der Waals surface area contributed by atoms with Gasteiger partial charge in [0.05, 0.1) is 11.3 Å². The van der Waals surface area contributed by atoms with Gasteiger partial charge in [0, 0.05) is 5.69 Å². The normalized spacial score (nSPS) is 20.1. The Bertz CT molecular complexity index is 1130. The maximum atomic E-state index is 13.0. The van der Waals surface area contributed by atoms with Gasteiger partial charge in [-0.2, -0.15) is 18.3 Å². The number of fused-ring (bicyclic) bond motifs is 1. The van der Waals surface area contributed by atoms with Crippen molar-refractivity contribution in [3.63, 3.8) is 0 Å². The molecule has 0 spiro atoms. The SMILES string of the molecule is CC(C)c1ccc(N2C(=O)[C@H]3N=NN(CC(=O)Nc4cccc(C(F)(F)F)c4)[C@@H]3C2=O)cc1. The molecule has 1 saturated heterocycles. The van der Waals surface area contributed by atoms with Gasteiger partial charge in [-0.1, -0.05) is 37.3 Å². The zero-order chi connectivity index (χ0) is 23.9. The molecule has 3 amide bonds. The monoisotopic (exact) mass is 459 g/mol. The maximum Gasteiger partial charge on any atom is 0.416 e. The summed E-state index contributed by atoms with van der Waals surface area (Å²) in [5, 5.41) is 11.1. The molecule has 11 heteroatoms. The van der Waals surface area contributed by atoms with Crippen molar-refractivity contribution in [2.24, 2.45) is 10.3 Å². The standard InChI is InChI=1S/C22H20F3N5O3/c1-12(2)13-6-8-16(9-7-13)30-20(32)18-19(21(30)33)29(28-27-18)11-17(31)26-15-5-3-4-14(10-15)22(23,24)25/h3-10,12,18-19H,11H2,1-2H3,(H,26,31)/t18-,19-/m0/s1. The molecule has 0 aliphatic carbocycles. The Morgan fingerprint density at radius 1 is 1.09 bits per heavy atom. The van der Waals surface area contributed by atoms with E-state index in [-0.39, 0.29) is 11.6 Å². The number of alkyl halides is 3. The highest BCUT2D eigenvalue weighted by Gasteiger charge is 2.55. The molecule has 1 fully saturated rings. The Kier molecular flexibility index (Phi) is 5.64. The zero-order valence-corrected chi connectivity index (χ0v) is 17.7. The van der Waals surface area contributed by atoms with Crippen LogP contribution >= 0.6 is 0 Å². The first-order chi connectivity index (χ1) is 15.6. The van der Waals surface area contributed by atoms with Crippen LogP contribution in [-0.2, 0) is 20.6 Å². The van der Waals surface area contributed by atoms with Crippen molar-refractivity contribution in [3.05, 3.63) is 59.7 Å². The summed E-state index contributed by atoms with van der Waals surface area (Å²) < 4.78 is 38.6. The van der Waals surface area contributed by atoms with Gasteiger partial charge in [-0.05, 0) is 41.8 Å². The predicted molar refractivity (Wildman–Crippen MR) is 112 cm³/mol. The van der Waals surface area contributed by atoms with Gasteiger partial charge in [-0.25, -0.2) is 4.90 Å². The average molecular weight is 459 g/mol. The molecule has 2 atom stereocenters. The lowest BCUT2D eigenvalue weighted by atomic mass is 10.0. The Hall–Kier alpha value is -3.76. The second-order valence-corrected chi connectivity index (χ2v) is 8.08. The highest BCUT2D eigenvalue weighted by Crippen LogP contribution is 2.33. The fourth-order valence-electron chi connectivity index (χ4n) is 3.74. The number of carbonyl (C=O) groups is 3. The van der Waals surface area contributed by atoms with Crippen LogP contribution in [0.1, 0.15) is 30.9 Å². The first-order valence-electron chi connectivity index (χ1n) is 10.2. The molecular formula is C22H20F3N5O3. The molecule has 2 aromatic rings. The van der Waals surface area contributed by atoms with E-state index >= 15 is 0 Å². The molecule has 4 rings (SSSR count). The van der Waals surface area contributed by atoms with Crippen LogP contribution in [-0.4, -0.2) is 41.4 Å². The number of rotatable bonds is 5. The molecular weight excluding hydrogens is 439 g/mol.